The van der Waals surface area contributed by atoms with Gasteiger partial charge in [0.1, 0.15) is 11.8 Å². The first-order valence-corrected chi connectivity index (χ1v) is 8.36. The summed E-state index contributed by atoms with van der Waals surface area (Å²) in [5.41, 5.74) is 0.222. The van der Waals surface area contributed by atoms with Crippen LogP contribution in [0, 0.1) is 11.8 Å². The van der Waals surface area contributed by atoms with E-state index in [1.54, 1.807) is 0 Å². The Kier molecular flexibility index (Phi) is 4.95. The summed E-state index contributed by atoms with van der Waals surface area (Å²) in [4.78, 5) is 38.4. The van der Waals surface area contributed by atoms with E-state index < -0.39 is 35.9 Å². The van der Waals surface area contributed by atoms with Gasteiger partial charge >= 0.3 is 6.36 Å². The van der Waals surface area contributed by atoms with Crippen molar-refractivity contribution in [2.45, 2.75) is 32.2 Å². The van der Waals surface area contributed by atoms with Crippen molar-refractivity contribution in [3.05, 3.63) is 36.4 Å². The van der Waals surface area contributed by atoms with Crippen LogP contribution in [0.25, 0.3) is 0 Å². The summed E-state index contributed by atoms with van der Waals surface area (Å²) in [5, 5.41) is 2.49. The van der Waals surface area contributed by atoms with Gasteiger partial charge in [0.25, 0.3) is 0 Å². The van der Waals surface area contributed by atoms with Gasteiger partial charge in [0.15, 0.2) is 0 Å². The molecular formula is C18H17F3N2O4. The lowest BCUT2D eigenvalue weighted by molar-refractivity contribution is -0.274. The third-order valence-corrected chi connectivity index (χ3v) is 4.66. The normalized spacial score (nSPS) is 23.2. The van der Waals surface area contributed by atoms with Crippen LogP contribution in [0.15, 0.2) is 36.4 Å². The fraction of sp³-hybridized carbons (Fsp3) is 0.389. The van der Waals surface area contributed by atoms with Crippen LogP contribution in [0.1, 0.15) is 19.8 Å². The summed E-state index contributed by atoms with van der Waals surface area (Å²) < 4.78 is 40.2. The number of carbonyl (C=O) groups excluding carboxylic acids is 3. The number of hydrogen-bond acceptors (Lipinski definition) is 4. The predicted molar refractivity (Wildman–Crippen MR) is 88.4 cm³/mol. The molecule has 6 nitrogen and oxygen atoms in total. The maximum Gasteiger partial charge on any atom is 0.573 e. The van der Waals surface area contributed by atoms with Crippen molar-refractivity contribution in [3.8, 4) is 5.75 Å². The Morgan fingerprint density at radius 1 is 1.11 bits per heavy atom. The molecule has 9 heteroatoms. The summed E-state index contributed by atoms with van der Waals surface area (Å²) in [6.45, 7) is 1.44. The van der Waals surface area contributed by atoms with Gasteiger partial charge in [-0.1, -0.05) is 12.2 Å². The van der Waals surface area contributed by atoms with Crippen LogP contribution in [-0.4, -0.2) is 35.0 Å². The van der Waals surface area contributed by atoms with E-state index >= 15 is 0 Å². The summed E-state index contributed by atoms with van der Waals surface area (Å²) in [7, 11) is 0. The zero-order chi connectivity index (χ0) is 19.8. The number of rotatable bonds is 4. The number of fused-ring (bicyclic) bond motifs is 1. The van der Waals surface area contributed by atoms with E-state index in [2.05, 4.69) is 10.1 Å². The molecule has 1 aromatic rings. The van der Waals surface area contributed by atoms with E-state index in [-0.39, 0.29) is 17.5 Å². The first-order valence-electron chi connectivity index (χ1n) is 8.36. The number of alkyl halides is 3. The van der Waals surface area contributed by atoms with Crippen molar-refractivity contribution in [1.29, 1.82) is 0 Å². The molecule has 1 N–H and O–H groups in total. The number of nitrogens with zero attached hydrogens (tertiary/aromatic N) is 1. The maximum atomic E-state index is 12.5. The van der Waals surface area contributed by atoms with Gasteiger partial charge in [-0.2, -0.15) is 0 Å². The first-order chi connectivity index (χ1) is 12.7. The molecule has 1 aromatic carbocycles. The summed E-state index contributed by atoms with van der Waals surface area (Å²) in [6.07, 6.45) is -0.154. The van der Waals surface area contributed by atoms with Crippen LogP contribution in [0.4, 0.5) is 18.9 Å². The highest BCUT2D eigenvalue weighted by molar-refractivity contribution is 6.10. The van der Waals surface area contributed by atoms with Gasteiger partial charge < -0.3 is 10.1 Å². The van der Waals surface area contributed by atoms with Gasteiger partial charge in [-0.05, 0) is 44.0 Å². The lowest BCUT2D eigenvalue weighted by Gasteiger charge is -2.22. The van der Waals surface area contributed by atoms with Crippen LogP contribution in [0.5, 0.6) is 5.75 Å². The van der Waals surface area contributed by atoms with Crippen molar-refractivity contribution in [2.24, 2.45) is 11.8 Å². The number of carbonyl (C=O) groups is 3. The van der Waals surface area contributed by atoms with Crippen molar-refractivity contribution in [1.82, 2.24) is 4.90 Å². The predicted octanol–water partition coefficient (Wildman–Crippen LogP) is 2.86. The minimum Gasteiger partial charge on any atom is -0.406 e. The van der Waals surface area contributed by atoms with Gasteiger partial charge in [0.05, 0.1) is 11.8 Å². The maximum absolute atomic E-state index is 12.5. The third kappa shape index (κ3) is 3.96. The molecule has 0 bridgehead atoms. The topological polar surface area (TPSA) is 75.7 Å². The van der Waals surface area contributed by atoms with Crippen LogP contribution in [0.3, 0.4) is 0 Å². The number of nitrogens with one attached hydrogen (secondary N) is 1. The number of halogens is 3. The van der Waals surface area contributed by atoms with Gasteiger partial charge in [-0.15, -0.1) is 13.2 Å². The molecule has 0 unspecified atom stereocenters. The molecule has 0 radical (unpaired) electrons. The van der Waals surface area contributed by atoms with Gasteiger partial charge in [-0.3, -0.25) is 19.3 Å². The summed E-state index contributed by atoms with van der Waals surface area (Å²) >= 11 is 0. The minimum absolute atomic E-state index is 0.222. The molecule has 3 amide bonds. The largest absolute Gasteiger partial charge is 0.573 e. The average Bonchev–Trinajstić information content (AvgIpc) is 2.86. The number of benzene rings is 1. The van der Waals surface area contributed by atoms with E-state index in [1.165, 1.54) is 19.1 Å². The Balaban J connectivity index is 1.66. The summed E-state index contributed by atoms with van der Waals surface area (Å²) in [6, 6.07) is 3.56. The smallest absolute Gasteiger partial charge is 0.406 e. The number of amides is 3. The number of imide groups is 1. The van der Waals surface area contributed by atoms with Gasteiger partial charge in [0.2, 0.25) is 17.7 Å². The lowest BCUT2D eigenvalue weighted by atomic mass is 9.85. The SMILES string of the molecule is C[C@H](C(=O)Nc1ccc(OC(F)(F)F)cc1)N1C(=O)[C@@H]2CC=CC[C@H]2C1=O. The number of likely N-dealkylation sites (tertiary alicyclic amines) is 1. The number of anilines is 1. The molecule has 27 heavy (non-hydrogen) atoms. The number of hydrogen-bond donors (Lipinski definition) is 1. The highest BCUT2D eigenvalue weighted by atomic mass is 19.4. The Bertz CT molecular complexity index is 763. The van der Waals surface area contributed by atoms with Crippen molar-refractivity contribution in [3.63, 3.8) is 0 Å². The van der Waals surface area contributed by atoms with Crippen LogP contribution < -0.4 is 10.1 Å². The Morgan fingerprint density at radius 3 is 2.11 bits per heavy atom. The van der Waals surface area contributed by atoms with E-state index in [0.29, 0.717) is 12.8 Å². The highest BCUT2D eigenvalue weighted by Gasteiger charge is 2.50. The molecule has 2 aliphatic rings. The quantitative estimate of drug-likeness (QED) is 0.642. The highest BCUT2D eigenvalue weighted by Crippen LogP contribution is 2.36. The van der Waals surface area contributed by atoms with E-state index in [4.69, 9.17) is 0 Å². The fourth-order valence-corrected chi connectivity index (χ4v) is 3.31. The molecule has 1 heterocycles. The van der Waals surface area contributed by atoms with E-state index in [1.807, 2.05) is 12.2 Å². The molecule has 3 rings (SSSR count). The van der Waals surface area contributed by atoms with Crippen molar-refractivity contribution >= 4 is 23.4 Å². The Hall–Kier alpha value is -2.84. The molecule has 0 spiro atoms. The second-order valence-corrected chi connectivity index (χ2v) is 6.44. The van der Waals surface area contributed by atoms with Crippen LogP contribution in [0.2, 0.25) is 0 Å². The molecule has 3 atom stereocenters. The molecule has 1 saturated heterocycles. The van der Waals surface area contributed by atoms with Crippen LogP contribution in [-0.2, 0) is 14.4 Å². The Labute approximate surface area is 153 Å². The molecule has 1 aliphatic carbocycles. The van der Waals surface area contributed by atoms with Gasteiger partial charge in [0, 0.05) is 5.69 Å². The molecule has 1 aliphatic heterocycles. The summed E-state index contributed by atoms with van der Waals surface area (Å²) in [5.74, 6) is -2.63. The first kappa shape index (κ1) is 18.9. The molecule has 0 aromatic heterocycles. The fourth-order valence-electron chi connectivity index (χ4n) is 3.31. The van der Waals surface area contributed by atoms with Crippen LogP contribution >= 0.6 is 0 Å². The standard InChI is InChI=1S/C18H17F3N2O4/c1-10(23-16(25)13-4-2-3-5-14(13)17(23)26)15(24)22-11-6-8-12(9-7-11)27-18(19,20)21/h2-3,6-10,13-14H,4-5H2,1H3,(H,22,24)/t10-,13-,14-/m1/s1. The van der Waals surface area contributed by atoms with Crippen molar-refractivity contribution < 1.29 is 32.3 Å². The number of ether oxygens (including phenoxy) is 1. The zero-order valence-corrected chi connectivity index (χ0v) is 14.3. The average molecular weight is 382 g/mol. The molecule has 0 saturated carbocycles. The third-order valence-electron chi connectivity index (χ3n) is 4.66. The zero-order valence-electron chi connectivity index (χ0n) is 14.3. The second kappa shape index (κ2) is 7.05. The lowest BCUT2D eigenvalue weighted by Crippen LogP contribution is -2.46. The minimum atomic E-state index is -4.80. The van der Waals surface area contributed by atoms with Gasteiger partial charge in [-0.25, -0.2) is 0 Å². The molecule has 1 fully saturated rings. The monoisotopic (exact) mass is 382 g/mol. The number of allylic oxidation sites excluding steroid dienone is 2. The second-order valence-electron chi connectivity index (χ2n) is 6.44. The van der Waals surface area contributed by atoms with E-state index in [0.717, 1.165) is 17.0 Å². The van der Waals surface area contributed by atoms with E-state index in [9.17, 15) is 27.6 Å². The molecule has 144 valence electrons. The molecular weight excluding hydrogens is 365 g/mol. The Morgan fingerprint density at radius 2 is 1.63 bits per heavy atom. The van der Waals surface area contributed by atoms with Crippen molar-refractivity contribution in [2.75, 3.05) is 5.32 Å².